The third kappa shape index (κ3) is 6.85. The molecule has 0 radical (unpaired) electrons. The van der Waals surface area contributed by atoms with Crippen molar-refractivity contribution < 1.29 is 35.9 Å². The molecule has 1 aliphatic heterocycles. The van der Waals surface area contributed by atoms with E-state index in [1.165, 1.54) is 6.07 Å². The van der Waals surface area contributed by atoms with E-state index in [9.17, 15) is 31.1 Å². The van der Waals surface area contributed by atoms with Crippen molar-refractivity contribution in [2.75, 3.05) is 36.9 Å². The molecule has 1 fully saturated rings. The van der Waals surface area contributed by atoms with Gasteiger partial charge >= 0.3 is 18.4 Å². The van der Waals surface area contributed by atoms with Gasteiger partial charge in [-0.3, -0.25) is 4.79 Å². The molecule has 14 heteroatoms. The first-order chi connectivity index (χ1) is 15.0. The molecule has 0 spiro atoms. The lowest BCUT2D eigenvalue weighted by Crippen LogP contribution is -2.33. The lowest BCUT2D eigenvalue weighted by molar-refractivity contribution is -0.154. The number of likely N-dealkylation sites (tertiary alicyclic amines) is 1. The standard InChI is InChI=1S/C18H18F6N6O2/c19-17(20,21)10-32-16-28-14(25-9-13(31)30-6-1-2-7-30)27-15(29-16)26-12-5-3-4-11(8-12)18(22,23)24/h3-5,8H,1-2,6-7,9-10H2,(H2,25,26,27,28,29). The molecule has 1 amide bonds. The van der Waals surface area contributed by atoms with Crippen LogP contribution >= 0.6 is 0 Å². The number of nitrogens with zero attached hydrogens (tertiary/aromatic N) is 4. The number of aromatic nitrogens is 3. The molecule has 1 saturated heterocycles. The molecule has 0 aliphatic carbocycles. The average Bonchev–Trinajstić information content (AvgIpc) is 3.24. The maximum absolute atomic E-state index is 12.9. The van der Waals surface area contributed by atoms with Crippen LogP contribution in [-0.2, 0) is 11.0 Å². The van der Waals surface area contributed by atoms with Gasteiger partial charge in [0.1, 0.15) is 0 Å². The van der Waals surface area contributed by atoms with Gasteiger partial charge in [-0.1, -0.05) is 6.07 Å². The Hall–Kier alpha value is -3.32. The van der Waals surface area contributed by atoms with Crippen LogP contribution in [0.4, 0.5) is 43.9 Å². The Kier molecular flexibility index (Phi) is 6.89. The predicted octanol–water partition coefficient (Wildman–Crippen LogP) is 3.61. The number of benzene rings is 1. The van der Waals surface area contributed by atoms with Gasteiger partial charge in [-0.15, -0.1) is 0 Å². The number of carbonyl (C=O) groups is 1. The fourth-order valence-electron chi connectivity index (χ4n) is 2.84. The molecule has 174 valence electrons. The van der Waals surface area contributed by atoms with Gasteiger partial charge in [-0.2, -0.15) is 41.3 Å². The first-order valence-corrected chi connectivity index (χ1v) is 9.41. The largest absolute Gasteiger partial charge is 0.454 e. The molecule has 3 rings (SSSR count). The first kappa shape index (κ1) is 23.3. The second-order valence-corrected chi connectivity index (χ2v) is 6.81. The highest BCUT2D eigenvalue weighted by atomic mass is 19.4. The lowest BCUT2D eigenvalue weighted by Gasteiger charge is -2.16. The minimum Gasteiger partial charge on any atom is -0.454 e. The summed E-state index contributed by atoms with van der Waals surface area (Å²) in [5, 5.41) is 5.06. The van der Waals surface area contributed by atoms with Gasteiger partial charge in [0, 0.05) is 18.8 Å². The Labute approximate surface area is 178 Å². The molecular formula is C18H18F6N6O2. The Bertz CT molecular complexity index is 946. The van der Waals surface area contributed by atoms with Crippen LogP contribution in [0.25, 0.3) is 0 Å². The average molecular weight is 464 g/mol. The normalized spacial score (nSPS) is 14.4. The van der Waals surface area contributed by atoms with E-state index in [2.05, 4.69) is 30.3 Å². The van der Waals surface area contributed by atoms with E-state index in [-0.39, 0.29) is 30.0 Å². The van der Waals surface area contributed by atoms with Crippen molar-refractivity contribution in [2.24, 2.45) is 0 Å². The highest BCUT2D eigenvalue weighted by Crippen LogP contribution is 2.31. The molecule has 2 N–H and O–H groups in total. The number of ether oxygens (including phenoxy) is 1. The monoisotopic (exact) mass is 464 g/mol. The zero-order chi connectivity index (χ0) is 23.4. The number of nitrogens with one attached hydrogen (secondary N) is 2. The Morgan fingerprint density at radius 3 is 2.38 bits per heavy atom. The molecular weight excluding hydrogens is 446 g/mol. The summed E-state index contributed by atoms with van der Waals surface area (Å²) < 4.78 is 80.7. The number of halogens is 6. The molecule has 0 saturated carbocycles. The molecule has 1 aromatic heterocycles. The zero-order valence-electron chi connectivity index (χ0n) is 16.4. The summed E-state index contributed by atoms with van der Waals surface area (Å²) in [5.41, 5.74) is -1.01. The first-order valence-electron chi connectivity index (χ1n) is 9.41. The van der Waals surface area contributed by atoms with Gasteiger partial charge < -0.3 is 20.3 Å². The van der Waals surface area contributed by atoms with Crippen molar-refractivity contribution in [3.63, 3.8) is 0 Å². The molecule has 32 heavy (non-hydrogen) atoms. The van der Waals surface area contributed by atoms with Crippen LogP contribution < -0.4 is 15.4 Å². The molecule has 2 aromatic rings. The number of hydrogen-bond donors (Lipinski definition) is 2. The second kappa shape index (κ2) is 9.44. The van der Waals surface area contributed by atoms with Crippen LogP contribution in [0.15, 0.2) is 24.3 Å². The highest BCUT2D eigenvalue weighted by molar-refractivity contribution is 5.80. The van der Waals surface area contributed by atoms with E-state index in [0.29, 0.717) is 13.1 Å². The fourth-order valence-corrected chi connectivity index (χ4v) is 2.84. The fraction of sp³-hybridized carbons (Fsp3) is 0.444. The maximum Gasteiger partial charge on any atom is 0.422 e. The Morgan fingerprint density at radius 1 is 1.03 bits per heavy atom. The van der Waals surface area contributed by atoms with Crippen LogP contribution in [-0.4, -0.2) is 58.2 Å². The topological polar surface area (TPSA) is 92.3 Å². The molecule has 0 atom stereocenters. The van der Waals surface area contributed by atoms with Crippen LogP contribution in [0, 0.1) is 0 Å². The van der Waals surface area contributed by atoms with Crippen LogP contribution in [0.1, 0.15) is 18.4 Å². The highest BCUT2D eigenvalue weighted by Gasteiger charge is 2.31. The van der Waals surface area contributed by atoms with Gasteiger partial charge in [0.25, 0.3) is 0 Å². The van der Waals surface area contributed by atoms with Crippen molar-refractivity contribution in [1.29, 1.82) is 0 Å². The van der Waals surface area contributed by atoms with E-state index in [1.807, 2.05) is 0 Å². The van der Waals surface area contributed by atoms with Gasteiger partial charge in [0.15, 0.2) is 6.61 Å². The maximum atomic E-state index is 12.9. The number of carbonyl (C=O) groups excluding carboxylic acids is 1. The third-order valence-electron chi connectivity index (χ3n) is 4.28. The van der Waals surface area contributed by atoms with Gasteiger partial charge in [0.2, 0.25) is 17.8 Å². The van der Waals surface area contributed by atoms with Gasteiger partial charge in [0.05, 0.1) is 12.1 Å². The van der Waals surface area contributed by atoms with Crippen molar-refractivity contribution in [3.8, 4) is 6.01 Å². The van der Waals surface area contributed by atoms with Crippen molar-refractivity contribution in [2.45, 2.75) is 25.2 Å². The minimum atomic E-state index is -4.67. The smallest absolute Gasteiger partial charge is 0.422 e. The predicted molar refractivity (Wildman–Crippen MR) is 100 cm³/mol. The van der Waals surface area contributed by atoms with Crippen molar-refractivity contribution >= 4 is 23.5 Å². The summed E-state index contributed by atoms with van der Waals surface area (Å²) in [6, 6.07) is 3.35. The van der Waals surface area contributed by atoms with Crippen molar-refractivity contribution in [3.05, 3.63) is 29.8 Å². The molecule has 0 bridgehead atoms. The summed E-state index contributed by atoms with van der Waals surface area (Å²) >= 11 is 0. The SMILES string of the molecule is O=C(CNc1nc(Nc2cccc(C(F)(F)F)c2)nc(OCC(F)(F)F)n1)N1CCCC1. The summed E-state index contributed by atoms with van der Waals surface area (Å²) in [6.07, 6.45) is -7.52. The van der Waals surface area contributed by atoms with E-state index >= 15 is 0 Å². The number of amides is 1. The van der Waals surface area contributed by atoms with E-state index < -0.39 is 30.5 Å². The van der Waals surface area contributed by atoms with Crippen LogP contribution in [0.3, 0.4) is 0 Å². The summed E-state index contributed by atoms with van der Waals surface area (Å²) in [4.78, 5) is 25.0. The lowest BCUT2D eigenvalue weighted by atomic mass is 10.2. The second-order valence-electron chi connectivity index (χ2n) is 6.81. The van der Waals surface area contributed by atoms with E-state index in [4.69, 9.17) is 0 Å². The zero-order valence-corrected chi connectivity index (χ0v) is 16.4. The number of anilines is 3. The van der Waals surface area contributed by atoms with Gasteiger partial charge in [-0.25, -0.2) is 0 Å². The van der Waals surface area contributed by atoms with Gasteiger partial charge in [-0.05, 0) is 31.0 Å². The third-order valence-corrected chi connectivity index (χ3v) is 4.28. The number of rotatable bonds is 7. The molecule has 1 aliphatic rings. The summed E-state index contributed by atoms with van der Waals surface area (Å²) in [6.45, 7) is -0.724. The Morgan fingerprint density at radius 2 is 1.72 bits per heavy atom. The molecule has 0 unspecified atom stereocenters. The molecule has 1 aromatic carbocycles. The summed E-state index contributed by atoms with van der Waals surface area (Å²) in [7, 11) is 0. The number of hydrogen-bond acceptors (Lipinski definition) is 7. The van der Waals surface area contributed by atoms with Crippen LogP contribution in [0.2, 0.25) is 0 Å². The Balaban J connectivity index is 1.79. The molecule has 2 heterocycles. The van der Waals surface area contributed by atoms with E-state index in [1.54, 1.807) is 4.90 Å². The summed E-state index contributed by atoms with van der Waals surface area (Å²) in [5.74, 6) is -0.903. The molecule has 8 nitrogen and oxygen atoms in total. The quantitative estimate of drug-likeness (QED) is 0.605. The number of alkyl halides is 6. The van der Waals surface area contributed by atoms with Crippen molar-refractivity contribution in [1.82, 2.24) is 19.9 Å². The van der Waals surface area contributed by atoms with E-state index in [0.717, 1.165) is 31.0 Å². The minimum absolute atomic E-state index is 0.0631. The van der Waals surface area contributed by atoms with Crippen LogP contribution in [0.5, 0.6) is 6.01 Å².